The number of rotatable bonds is 10. The highest BCUT2D eigenvalue weighted by atomic mass is 35.5. The van der Waals surface area contributed by atoms with Crippen molar-refractivity contribution >= 4 is 34.8 Å². The second kappa shape index (κ2) is 11.7. The van der Waals surface area contributed by atoms with Crippen molar-refractivity contribution in [1.29, 1.82) is 0 Å². The zero-order valence-electron chi connectivity index (χ0n) is 19.7. The van der Waals surface area contributed by atoms with E-state index in [2.05, 4.69) is 26.1 Å². The first kappa shape index (κ1) is 25.5. The summed E-state index contributed by atoms with van der Waals surface area (Å²) < 4.78 is 5.82. The van der Waals surface area contributed by atoms with Crippen molar-refractivity contribution in [3.8, 4) is 0 Å². The van der Waals surface area contributed by atoms with Crippen molar-refractivity contribution < 1.29 is 14.3 Å². The zero-order chi connectivity index (χ0) is 23.0. The van der Waals surface area contributed by atoms with Gasteiger partial charge in [0.2, 0.25) is 11.8 Å². The Balaban J connectivity index is 2.25. The lowest BCUT2D eigenvalue weighted by molar-refractivity contribution is -0.135. The minimum atomic E-state index is -0.0888. The fourth-order valence-corrected chi connectivity index (χ4v) is 3.87. The summed E-state index contributed by atoms with van der Waals surface area (Å²) in [6, 6.07) is 5.87. The summed E-state index contributed by atoms with van der Waals surface area (Å²) in [5, 5.41) is 2.95. The number of hydrogen-bond donors (Lipinski definition) is 1. The number of anilines is 2. The molecule has 7 heteroatoms. The molecule has 0 bridgehead atoms. The molecule has 1 atom stereocenters. The lowest BCUT2D eigenvalue weighted by atomic mass is 9.91. The molecule has 174 valence electrons. The molecule has 1 heterocycles. The quantitative estimate of drug-likeness (QED) is 0.526. The van der Waals surface area contributed by atoms with Crippen LogP contribution in [0.5, 0.6) is 0 Å². The zero-order valence-corrected chi connectivity index (χ0v) is 20.4. The van der Waals surface area contributed by atoms with Crippen molar-refractivity contribution in [2.24, 2.45) is 5.41 Å². The van der Waals surface area contributed by atoms with Gasteiger partial charge in [-0.2, -0.15) is 0 Å². The van der Waals surface area contributed by atoms with Gasteiger partial charge in [0.05, 0.1) is 6.10 Å². The van der Waals surface area contributed by atoms with Gasteiger partial charge in [-0.05, 0) is 48.4 Å². The van der Waals surface area contributed by atoms with E-state index in [0.29, 0.717) is 38.2 Å². The smallest absolute Gasteiger partial charge is 0.224 e. The first-order chi connectivity index (χ1) is 14.6. The third-order valence-corrected chi connectivity index (χ3v) is 5.49. The summed E-state index contributed by atoms with van der Waals surface area (Å²) in [7, 11) is 3.97. The van der Waals surface area contributed by atoms with Gasteiger partial charge in [-0.15, -0.1) is 11.6 Å². The number of ether oxygens (including phenoxy) is 1. The number of benzene rings is 1. The summed E-state index contributed by atoms with van der Waals surface area (Å²) in [6.07, 6.45) is 3.63. The van der Waals surface area contributed by atoms with Crippen molar-refractivity contribution in [1.82, 2.24) is 4.90 Å². The van der Waals surface area contributed by atoms with Crippen LogP contribution in [0.1, 0.15) is 58.4 Å². The highest BCUT2D eigenvalue weighted by Crippen LogP contribution is 2.27. The maximum Gasteiger partial charge on any atom is 0.224 e. The molecular weight excluding hydrogens is 414 g/mol. The Kier molecular flexibility index (Phi) is 9.63. The van der Waals surface area contributed by atoms with Crippen molar-refractivity contribution in [3.05, 3.63) is 23.8 Å². The molecule has 0 radical (unpaired) electrons. The van der Waals surface area contributed by atoms with Crippen LogP contribution >= 0.6 is 11.6 Å². The Morgan fingerprint density at radius 3 is 2.58 bits per heavy atom. The van der Waals surface area contributed by atoms with Crippen molar-refractivity contribution in [2.75, 3.05) is 43.3 Å². The fourth-order valence-electron chi connectivity index (χ4n) is 3.74. The molecule has 1 saturated heterocycles. The van der Waals surface area contributed by atoms with Crippen LogP contribution in [0, 0.1) is 5.41 Å². The molecule has 1 N–H and O–H groups in total. The summed E-state index contributed by atoms with van der Waals surface area (Å²) >= 11 is 5.70. The number of carbonyl (C=O) groups excluding carboxylic acids is 2. The van der Waals surface area contributed by atoms with E-state index < -0.39 is 0 Å². The van der Waals surface area contributed by atoms with Gasteiger partial charge in [-0.3, -0.25) is 9.59 Å². The topological polar surface area (TPSA) is 61.9 Å². The van der Waals surface area contributed by atoms with Gasteiger partial charge in [0.25, 0.3) is 0 Å². The van der Waals surface area contributed by atoms with Gasteiger partial charge in [-0.1, -0.05) is 20.8 Å². The van der Waals surface area contributed by atoms with E-state index in [1.807, 2.05) is 42.1 Å². The van der Waals surface area contributed by atoms with Gasteiger partial charge in [-0.25, -0.2) is 0 Å². The van der Waals surface area contributed by atoms with Crippen LogP contribution in [0.3, 0.4) is 0 Å². The number of halogens is 1. The van der Waals surface area contributed by atoms with Crippen LogP contribution in [-0.4, -0.2) is 55.9 Å². The van der Waals surface area contributed by atoms with E-state index >= 15 is 0 Å². The third kappa shape index (κ3) is 8.69. The maximum absolute atomic E-state index is 13.2. The van der Waals surface area contributed by atoms with Crippen LogP contribution in [0.15, 0.2) is 18.2 Å². The first-order valence-corrected chi connectivity index (χ1v) is 11.7. The fraction of sp³-hybridized carbons (Fsp3) is 0.667. The van der Waals surface area contributed by atoms with E-state index in [4.69, 9.17) is 16.3 Å². The van der Waals surface area contributed by atoms with E-state index in [1.165, 1.54) is 0 Å². The standard InChI is InChI=1S/C24H38ClN3O3/c1-24(2,3)15-23(30)28(17-20-8-7-13-31-20)16-18-14-19(10-11-21(18)27(4)5)26-22(29)9-6-12-25/h10-11,14,20H,6-9,12-13,15-17H2,1-5H3,(H,26,29)/t20-/m0/s1. The van der Waals surface area contributed by atoms with Gasteiger partial charge in [0.1, 0.15) is 0 Å². The number of nitrogens with one attached hydrogen (secondary N) is 1. The molecule has 6 nitrogen and oxygen atoms in total. The van der Waals surface area contributed by atoms with Crippen molar-refractivity contribution in [2.45, 2.75) is 65.5 Å². The number of alkyl halides is 1. The minimum absolute atomic E-state index is 0.0516. The average Bonchev–Trinajstić information content (AvgIpc) is 3.17. The molecule has 2 rings (SSSR count). The molecule has 0 saturated carbocycles. The summed E-state index contributed by atoms with van der Waals surface area (Å²) in [5.41, 5.74) is 2.68. The van der Waals surface area contributed by atoms with Crippen LogP contribution in [-0.2, 0) is 20.9 Å². The summed E-state index contributed by atoms with van der Waals surface area (Å²) in [4.78, 5) is 29.3. The Morgan fingerprint density at radius 2 is 2.00 bits per heavy atom. The molecule has 1 aliphatic heterocycles. The Hall–Kier alpha value is -1.79. The van der Waals surface area contributed by atoms with Gasteiger partial charge >= 0.3 is 0 Å². The minimum Gasteiger partial charge on any atom is -0.377 e. The number of carbonyl (C=O) groups is 2. The molecule has 1 aromatic carbocycles. The molecule has 0 unspecified atom stereocenters. The Morgan fingerprint density at radius 1 is 1.26 bits per heavy atom. The second-order valence-corrected chi connectivity index (χ2v) is 10.1. The van der Waals surface area contributed by atoms with E-state index in [-0.39, 0.29) is 23.3 Å². The summed E-state index contributed by atoms with van der Waals surface area (Å²) in [5.74, 6) is 0.542. The maximum atomic E-state index is 13.2. The van der Waals surface area contributed by atoms with Gasteiger partial charge in [0.15, 0.2) is 0 Å². The number of nitrogens with zero attached hydrogens (tertiary/aromatic N) is 2. The van der Waals surface area contributed by atoms with Gasteiger partial charge in [0, 0.05) is 63.9 Å². The van der Waals surface area contributed by atoms with Crippen LogP contribution in [0.4, 0.5) is 11.4 Å². The Labute approximate surface area is 192 Å². The largest absolute Gasteiger partial charge is 0.377 e. The number of hydrogen-bond acceptors (Lipinski definition) is 4. The third-order valence-electron chi connectivity index (χ3n) is 5.23. The molecule has 2 amide bonds. The SMILES string of the molecule is CN(C)c1ccc(NC(=O)CCCCl)cc1CN(C[C@@H]1CCCO1)C(=O)CC(C)(C)C. The predicted molar refractivity (Wildman–Crippen MR) is 128 cm³/mol. The summed E-state index contributed by atoms with van der Waals surface area (Å²) in [6.45, 7) is 8.08. The molecule has 1 fully saturated rings. The van der Waals surface area contributed by atoms with E-state index in [9.17, 15) is 9.59 Å². The highest BCUT2D eigenvalue weighted by Gasteiger charge is 2.26. The van der Waals surface area contributed by atoms with Crippen molar-refractivity contribution in [3.63, 3.8) is 0 Å². The first-order valence-electron chi connectivity index (χ1n) is 11.1. The monoisotopic (exact) mass is 451 g/mol. The molecule has 31 heavy (non-hydrogen) atoms. The molecule has 0 aliphatic carbocycles. The van der Waals surface area contributed by atoms with E-state index in [1.54, 1.807) is 0 Å². The van der Waals surface area contributed by atoms with Crippen LogP contribution in [0.2, 0.25) is 0 Å². The molecule has 1 aromatic rings. The lowest BCUT2D eigenvalue weighted by Gasteiger charge is -2.30. The molecule has 0 spiro atoms. The lowest BCUT2D eigenvalue weighted by Crippen LogP contribution is -2.38. The second-order valence-electron chi connectivity index (χ2n) is 9.73. The number of amides is 2. The van der Waals surface area contributed by atoms with Gasteiger partial charge < -0.3 is 19.9 Å². The van der Waals surface area contributed by atoms with Crippen LogP contribution in [0.25, 0.3) is 0 Å². The van der Waals surface area contributed by atoms with E-state index in [0.717, 1.165) is 36.4 Å². The average molecular weight is 452 g/mol. The molecule has 1 aliphatic rings. The highest BCUT2D eigenvalue weighted by molar-refractivity contribution is 6.18. The van der Waals surface area contributed by atoms with Crippen LogP contribution < -0.4 is 10.2 Å². The molecule has 0 aromatic heterocycles. The predicted octanol–water partition coefficient (Wildman–Crippen LogP) is 4.65. The normalized spacial score (nSPS) is 16.3. The molecular formula is C24H38ClN3O3. The Bertz CT molecular complexity index is 740.